The van der Waals surface area contributed by atoms with Crippen molar-refractivity contribution >= 4 is 18.4 Å². The van der Waals surface area contributed by atoms with Crippen molar-refractivity contribution in [3.05, 3.63) is 29.8 Å². The van der Waals surface area contributed by atoms with E-state index in [0.717, 1.165) is 24.3 Å². The molecule has 0 saturated carbocycles. The molecule has 1 aromatic rings. The highest BCUT2D eigenvalue weighted by atomic mass is 35.5. The van der Waals surface area contributed by atoms with E-state index in [9.17, 15) is 13.2 Å². The van der Waals surface area contributed by atoms with Crippen LogP contribution in [0.4, 0.5) is 13.2 Å². The maximum Gasteiger partial charge on any atom is 0.416 e. The molecule has 0 amide bonds. The van der Waals surface area contributed by atoms with Gasteiger partial charge >= 0.3 is 12.2 Å². The molecule has 0 aliphatic rings. The van der Waals surface area contributed by atoms with E-state index < -0.39 is 17.8 Å². The molecule has 0 spiro atoms. The molecule has 3 N–H and O–H groups in total. The number of hydrogen-bond acceptors (Lipinski definition) is 3. The fraction of sp³-hybridized carbons (Fsp3) is 0.125. The second-order valence-electron chi connectivity index (χ2n) is 2.57. The lowest BCUT2D eigenvalue weighted by Gasteiger charge is -2.08. The number of nitrogens with one attached hydrogen (secondary N) is 2. The van der Waals surface area contributed by atoms with Crippen LogP contribution in [0.3, 0.4) is 0 Å². The predicted octanol–water partition coefficient (Wildman–Crippen LogP) is 2.42. The Morgan fingerprint density at radius 3 is 2.12 bits per heavy atom. The number of benzene rings is 1. The van der Waals surface area contributed by atoms with Crippen LogP contribution < -0.4 is 10.2 Å². The largest absolute Gasteiger partial charge is 0.425 e. The van der Waals surface area contributed by atoms with E-state index in [-0.39, 0.29) is 18.2 Å². The van der Waals surface area contributed by atoms with Crippen LogP contribution >= 0.6 is 12.4 Å². The molecule has 0 atom stereocenters. The maximum absolute atomic E-state index is 12.1. The van der Waals surface area contributed by atoms with Gasteiger partial charge < -0.3 is 4.74 Å². The Balaban J connectivity index is 0.00000225. The summed E-state index contributed by atoms with van der Waals surface area (Å²) in [4.78, 5) is 0. The summed E-state index contributed by atoms with van der Waals surface area (Å²) in [6.45, 7) is 0. The van der Waals surface area contributed by atoms with Crippen LogP contribution in [-0.2, 0) is 6.18 Å². The van der Waals surface area contributed by atoms with Gasteiger partial charge in [-0.2, -0.15) is 13.2 Å². The van der Waals surface area contributed by atoms with Gasteiger partial charge in [0.15, 0.2) is 0 Å². The lowest BCUT2D eigenvalue weighted by molar-refractivity contribution is -0.137. The van der Waals surface area contributed by atoms with Gasteiger partial charge in [0, 0.05) is 0 Å². The van der Waals surface area contributed by atoms with Crippen molar-refractivity contribution in [3.63, 3.8) is 0 Å². The molecule has 0 fully saturated rings. The summed E-state index contributed by atoms with van der Waals surface area (Å²) < 4.78 is 40.9. The van der Waals surface area contributed by atoms with Gasteiger partial charge in [-0.15, -0.1) is 12.4 Å². The summed E-state index contributed by atoms with van der Waals surface area (Å²) in [6.07, 6.45) is -4.40. The Hall–Kier alpha value is -1.47. The number of ether oxygens (including phenoxy) is 1. The van der Waals surface area contributed by atoms with E-state index >= 15 is 0 Å². The molecule has 0 radical (unpaired) electrons. The first kappa shape index (κ1) is 14.5. The van der Waals surface area contributed by atoms with Gasteiger partial charge in [-0.3, -0.25) is 5.21 Å². The smallest absolute Gasteiger partial charge is 0.416 e. The molecule has 4 nitrogen and oxygen atoms in total. The fourth-order valence-corrected chi connectivity index (χ4v) is 0.853. The van der Waals surface area contributed by atoms with E-state index in [2.05, 4.69) is 4.74 Å². The zero-order valence-corrected chi connectivity index (χ0v) is 8.52. The molecule has 90 valence electrons. The molecule has 1 rings (SSSR count). The molecule has 0 heterocycles. The van der Waals surface area contributed by atoms with E-state index in [1.54, 1.807) is 0 Å². The lowest BCUT2D eigenvalue weighted by Crippen LogP contribution is -2.23. The van der Waals surface area contributed by atoms with Gasteiger partial charge in [-0.05, 0) is 24.3 Å². The Bertz CT molecular complexity index is 353. The monoisotopic (exact) mass is 256 g/mol. The van der Waals surface area contributed by atoms with Crippen LogP contribution in [0, 0.1) is 5.41 Å². The van der Waals surface area contributed by atoms with E-state index in [4.69, 9.17) is 10.6 Å². The van der Waals surface area contributed by atoms with Crippen LogP contribution in [0.5, 0.6) is 5.75 Å². The van der Waals surface area contributed by atoms with Crippen molar-refractivity contribution < 1.29 is 23.1 Å². The molecule has 1 aromatic carbocycles. The first-order valence-electron chi connectivity index (χ1n) is 3.77. The minimum atomic E-state index is -4.40. The van der Waals surface area contributed by atoms with Gasteiger partial charge in [-0.25, -0.2) is 10.9 Å². The van der Waals surface area contributed by atoms with Crippen molar-refractivity contribution in [3.8, 4) is 5.75 Å². The molecule has 0 unspecified atom stereocenters. The Morgan fingerprint density at radius 1 is 1.25 bits per heavy atom. The minimum absolute atomic E-state index is 0. The SMILES string of the molecule is Cl.N=C(NO)Oc1ccc(C(F)(F)F)cc1. The third kappa shape index (κ3) is 3.95. The van der Waals surface area contributed by atoms with Crippen LogP contribution in [-0.4, -0.2) is 11.2 Å². The van der Waals surface area contributed by atoms with E-state index in [1.807, 2.05) is 0 Å². The standard InChI is InChI=1S/C8H7F3N2O2.ClH/c9-8(10,11)5-1-3-6(4-2-5)15-7(12)13-14;/h1-4,14H,(H2,12,13);1H. The lowest BCUT2D eigenvalue weighted by atomic mass is 10.2. The quantitative estimate of drug-likeness (QED) is 0.411. The average molecular weight is 257 g/mol. The number of rotatable bonds is 1. The van der Waals surface area contributed by atoms with Gasteiger partial charge in [-0.1, -0.05) is 0 Å². The summed E-state index contributed by atoms with van der Waals surface area (Å²) in [5.74, 6) is 0.0227. The summed E-state index contributed by atoms with van der Waals surface area (Å²) in [7, 11) is 0. The highest BCUT2D eigenvalue weighted by molar-refractivity contribution is 5.85. The van der Waals surface area contributed by atoms with Gasteiger partial charge in [0.1, 0.15) is 5.75 Å². The Kier molecular flexibility index (Phi) is 5.06. The first-order valence-corrected chi connectivity index (χ1v) is 3.77. The zero-order valence-electron chi connectivity index (χ0n) is 7.71. The maximum atomic E-state index is 12.1. The summed E-state index contributed by atoms with van der Waals surface area (Å²) in [6, 6.07) is 3.07. The van der Waals surface area contributed by atoms with Crippen LogP contribution in [0.2, 0.25) is 0 Å². The number of hydroxylamine groups is 1. The van der Waals surface area contributed by atoms with Crippen molar-refractivity contribution in [1.29, 1.82) is 5.41 Å². The van der Waals surface area contributed by atoms with Crippen molar-refractivity contribution in [2.45, 2.75) is 6.18 Å². The molecule has 16 heavy (non-hydrogen) atoms. The van der Waals surface area contributed by atoms with Crippen molar-refractivity contribution in [1.82, 2.24) is 5.48 Å². The molecule has 0 bridgehead atoms. The summed E-state index contributed by atoms with van der Waals surface area (Å²) in [5.41, 5.74) is 0.590. The first-order chi connectivity index (χ1) is 6.93. The molecular weight excluding hydrogens is 249 g/mol. The Morgan fingerprint density at radius 2 is 1.75 bits per heavy atom. The average Bonchev–Trinajstić information content (AvgIpc) is 2.17. The normalized spacial score (nSPS) is 10.2. The summed E-state index contributed by atoms with van der Waals surface area (Å²) >= 11 is 0. The van der Waals surface area contributed by atoms with E-state index in [1.165, 1.54) is 5.48 Å². The Labute approximate surface area is 94.9 Å². The highest BCUT2D eigenvalue weighted by Crippen LogP contribution is 2.30. The number of alkyl halides is 3. The van der Waals surface area contributed by atoms with Gasteiger partial charge in [0.25, 0.3) is 0 Å². The fourth-order valence-electron chi connectivity index (χ4n) is 0.853. The van der Waals surface area contributed by atoms with Crippen LogP contribution in [0.15, 0.2) is 24.3 Å². The van der Waals surface area contributed by atoms with Crippen LogP contribution in [0.1, 0.15) is 5.56 Å². The molecule has 8 heteroatoms. The second-order valence-corrected chi connectivity index (χ2v) is 2.57. The molecule has 0 aliphatic heterocycles. The van der Waals surface area contributed by atoms with Crippen molar-refractivity contribution in [2.24, 2.45) is 0 Å². The minimum Gasteiger partial charge on any atom is -0.425 e. The molecule has 0 aromatic heterocycles. The topological polar surface area (TPSA) is 65.3 Å². The second kappa shape index (κ2) is 5.57. The molecule has 0 saturated heterocycles. The van der Waals surface area contributed by atoms with E-state index in [0.29, 0.717) is 0 Å². The number of halogens is 4. The third-order valence-corrected chi connectivity index (χ3v) is 1.50. The van der Waals surface area contributed by atoms with Crippen LogP contribution in [0.25, 0.3) is 0 Å². The van der Waals surface area contributed by atoms with Gasteiger partial charge in [0.2, 0.25) is 0 Å². The van der Waals surface area contributed by atoms with Crippen molar-refractivity contribution in [2.75, 3.05) is 0 Å². The molecular formula is C8H8ClF3N2O2. The zero-order chi connectivity index (χ0) is 11.5. The predicted molar refractivity (Wildman–Crippen MR) is 52.0 cm³/mol. The number of hydrogen-bond donors (Lipinski definition) is 3. The highest BCUT2D eigenvalue weighted by Gasteiger charge is 2.30. The third-order valence-electron chi connectivity index (χ3n) is 1.50. The molecule has 0 aliphatic carbocycles. The summed E-state index contributed by atoms with van der Waals surface area (Å²) in [5, 5.41) is 15.0. The van der Waals surface area contributed by atoms with Gasteiger partial charge in [0.05, 0.1) is 5.56 Å². The number of amidine groups is 1.